The smallest absolute Gasteiger partial charge is 0.133 e. The number of fused-ring (bicyclic) bond motifs is 1. The highest BCUT2D eigenvalue weighted by atomic mass is 79.9. The van der Waals surface area contributed by atoms with Gasteiger partial charge >= 0.3 is 0 Å². The normalized spacial score (nSPS) is 30.6. The molecule has 1 aliphatic carbocycles. The fourth-order valence-corrected chi connectivity index (χ4v) is 5.19. The van der Waals surface area contributed by atoms with Crippen LogP contribution in [0.3, 0.4) is 0 Å². The van der Waals surface area contributed by atoms with Crippen molar-refractivity contribution in [2.45, 2.75) is 28.9 Å². The summed E-state index contributed by atoms with van der Waals surface area (Å²) in [5, 5.41) is 11.9. The van der Waals surface area contributed by atoms with Crippen LogP contribution in [0.25, 0.3) is 0 Å². The first-order chi connectivity index (χ1) is 10.7. The molecule has 0 aromatic heterocycles. The summed E-state index contributed by atoms with van der Waals surface area (Å²) in [7, 11) is 0. The zero-order chi connectivity index (χ0) is 15.2. The van der Waals surface area contributed by atoms with Crippen LogP contribution in [0, 0.1) is 5.92 Å². The van der Waals surface area contributed by atoms with Gasteiger partial charge in [0.1, 0.15) is 5.60 Å². The van der Waals surface area contributed by atoms with Crippen LogP contribution >= 0.6 is 15.9 Å². The van der Waals surface area contributed by atoms with Crippen LogP contribution in [0.1, 0.15) is 24.0 Å². The van der Waals surface area contributed by atoms with Gasteiger partial charge < -0.3 is 9.84 Å². The standard InChI is InChI=1S/C19H19BrO2/c20-18(16-12-7-13-22-17(16)18)19(21,14-8-3-1-4-9-14)15-10-5-2-6-11-15/h1-6,8-11,16-17,21H,7,12-13H2. The molecule has 1 saturated carbocycles. The quantitative estimate of drug-likeness (QED) is 0.844. The van der Waals surface area contributed by atoms with Gasteiger partial charge in [-0.15, -0.1) is 0 Å². The van der Waals surface area contributed by atoms with Crippen LogP contribution in [-0.2, 0) is 10.3 Å². The molecule has 114 valence electrons. The van der Waals surface area contributed by atoms with Crippen molar-refractivity contribution >= 4 is 15.9 Å². The van der Waals surface area contributed by atoms with Crippen molar-refractivity contribution < 1.29 is 9.84 Å². The molecule has 2 nitrogen and oxygen atoms in total. The summed E-state index contributed by atoms with van der Waals surface area (Å²) in [5.41, 5.74) is 0.738. The van der Waals surface area contributed by atoms with Crippen molar-refractivity contribution in [1.29, 1.82) is 0 Å². The Balaban J connectivity index is 1.87. The Morgan fingerprint density at radius 3 is 2.00 bits per heavy atom. The SMILES string of the molecule is OC(c1ccccc1)(c1ccccc1)C1(Br)C2CCCOC21. The molecule has 3 atom stereocenters. The largest absolute Gasteiger partial charge is 0.379 e. The Morgan fingerprint density at radius 2 is 1.55 bits per heavy atom. The molecule has 2 aromatic rings. The van der Waals surface area contributed by atoms with Gasteiger partial charge in [-0.25, -0.2) is 0 Å². The van der Waals surface area contributed by atoms with E-state index in [4.69, 9.17) is 4.74 Å². The van der Waals surface area contributed by atoms with Crippen LogP contribution in [0.2, 0.25) is 0 Å². The van der Waals surface area contributed by atoms with E-state index in [1.54, 1.807) is 0 Å². The van der Waals surface area contributed by atoms with E-state index in [9.17, 15) is 5.11 Å². The molecule has 4 rings (SSSR count). The van der Waals surface area contributed by atoms with Gasteiger partial charge in [0.25, 0.3) is 0 Å². The molecule has 1 N–H and O–H groups in total. The minimum atomic E-state index is -1.09. The summed E-state index contributed by atoms with van der Waals surface area (Å²) in [6.45, 7) is 0.786. The molecule has 0 amide bonds. The second-order valence-electron chi connectivity index (χ2n) is 6.25. The zero-order valence-electron chi connectivity index (χ0n) is 12.3. The van der Waals surface area contributed by atoms with Gasteiger partial charge in [0, 0.05) is 12.5 Å². The minimum Gasteiger partial charge on any atom is -0.379 e. The van der Waals surface area contributed by atoms with Crippen molar-refractivity contribution in [3.05, 3.63) is 71.8 Å². The molecule has 0 bridgehead atoms. The molecule has 1 heterocycles. The highest BCUT2D eigenvalue weighted by molar-refractivity contribution is 9.10. The van der Waals surface area contributed by atoms with E-state index in [1.165, 1.54) is 0 Å². The van der Waals surface area contributed by atoms with Gasteiger partial charge in [-0.1, -0.05) is 76.6 Å². The van der Waals surface area contributed by atoms with Gasteiger partial charge in [-0.3, -0.25) is 0 Å². The van der Waals surface area contributed by atoms with Crippen molar-refractivity contribution in [3.63, 3.8) is 0 Å². The number of rotatable bonds is 3. The van der Waals surface area contributed by atoms with Gasteiger partial charge in [0.2, 0.25) is 0 Å². The third kappa shape index (κ3) is 1.86. The second-order valence-corrected chi connectivity index (χ2v) is 7.56. The highest BCUT2D eigenvalue weighted by Crippen LogP contribution is 2.67. The van der Waals surface area contributed by atoms with Gasteiger partial charge in [-0.2, -0.15) is 0 Å². The molecule has 2 aliphatic rings. The molecule has 2 aromatic carbocycles. The van der Waals surface area contributed by atoms with Crippen LogP contribution < -0.4 is 0 Å². The second kappa shape index (κ2) is 5.19. The molecular formula is C19H19BrO2. The molecule has 2 fully saturated rings. The first-order valence-corrected chi connectivity index (χ1v) is 8.62. The number of benzene rings is 2. The van der Waals surface area contributed by atoms with Crippen molar-refractivity contribution in [2.24, 2.45) is 5.92 Å². The van der Waals surface area contributed by atoms with Crippen molar-refractivity contribution in [2.75, 3.05) is 6.61 Å². The van der Waals surface area contributed by atoms with Gasteiger partial charge in [0.15, 0.2) is 0 Å². The van der Waals surface area contributed by atoms with Gasteiger partial charge in [0.05, 0.1) is 10.4 Å². The Bertz CT molecular complexity index is 604. The minimum absolute atomic E-state index is 0.0756. The molecule has 3 heteroatoms. The third-order valence-corrected chi connectivity index (χ3v) is 6.72. The average molecular weight is 359 g/mol. The van der Waals surface area contributed by atoms with E-state index in [0.717, 1.165) is 30.6 Å². The number of aliphatic hydroxyl groups is 1. The van der Waals surface area contributed by atoms with Crippen LogP contribution in [0.4, 0.5) is 0 Å². The molecule has 1 aliphatic heterocycles. The zero-order valence-corrected chi connectivity index (χ0v) is 13.9. The Labute approximate surface area is 139 Å². The lowest BCUT2D eigenvalue weighted by molar-refractivity contribution is 0.0344. The number of hydrogen-bond acceptors (Lipinski definition) is 2. The summed E-state index contributed by atoms with van der Waals surface area (Å²) in [6, 6.07) is 19.9. The maximum atomic E-state index is 11.9. The van der Waals surface area contributed by atoms with Crippen LogP contribution in [0.15, 0.2) is 60.7 Å². The average Bonchev–Trinajstić information content (AvgIpc) is 3.23. The lowest BCUT2D eigenvalue weighted by Crippen LogP contribution is -2.42. The maximum absolute atomic E-state index is 11.9. The lowest BCUT2D eigenvalue weighted by Gasteiger charge is -2.35. The van der Waals surface area contributed by atoms with E-state index in [-0.39, 0.29) is 6.10 Å². The lowest BCUT2D eigenvalue weighted by atomic mass is 9.81. The molecule has 3 unspecified atom stereocenters. The number of halogens is 1. The molecule has 0 spiro atoms. The molecule has 0 radical (unpaired) electrons. The summed E-state index contributed by atoms with van der Waals surface area (Å²) in [5.74, 6) is 0.353. The van der Waals surface area contributed by atoms with Crippen LogP contribution in [-0.4, -0.2) is 22.1 Å². The highest BCUT2D eigenvalue weighted by Gasteiger charge is 2.75. The number of ether oxygens (including phenoxy) is 1. The Kier molecular flexibility index (Phi) is 3.40. The third-order valence-electron chi connectivity index (χ3n) is 5.10. The first-order valence-electron chi connectivity index (χ1n) is 7.83. The fraction of sp³-hybridized carbons (Fsp3) is 0.368. The fourth-order valence-electron chi connectivity index (χ4n) is 3.95. The van der Waals surface area contributed by atoms with E-state index in [2.05, 4.69) is 15.9 Å². The predicted octanol–water partition coefficient (Wildman–Crippen LogP) is 3.87. The summed E-state index contributed by atoms with van der Waals surface area (Å²) >= 11 is 3.90. The monoisotopic (exact) mass is 358 g/mol. The van der Waals surface area contributed by atoms with Crippen molar-refractivity contribution in [3.8, 4) is 0 Å². The Hall–Kier alpha value is -1.16. The van der Waals surface area contributed by atoms with E-state index in [1.807, 2.05) is 60.7 Å². The Morgan fingerprint density at radius 1 is 1.00 bits per heavy atom. The first kappa shape index (κ1) is 14.4. The van der Waals surface area contributed by atoms with E-state index >= 15 is 0 Å². The van der Waals surface area contributed by atoms with Crippen LogP contribution in [0.5, 0.6) is 0 Å². The van der Waals surface area contributed by atoms with Crippen molar-refractivity contribution in [1.82, 2.24) is 0 Å². The molecule has 22 heavy (non-hydrogen) atoms. The van der Waals surface area contributed by atoms with Gasteiger partial charge in [-0.05, 0) is 24.0 Å². The summed E-state index contributed by atoms with van der Waals surface area (Å²) in [4.78, 5) is 0. The maximum Gasteiger partial charge on any atom is 0.133 e. The number of hydrogen-bond donors (Lipinski definition) is 1. The summed E-state index contributed by atoms with van der Waals surface area (Å²) in [6.07, 6.45) is 2.23. The topological polar surface area (TPSA) is 29.5 Å². The predicted molar refractivity (Wildman–Crippen MR) is 90.0 cm³/mol. The molecule has 1 saturated heterocycles. The van der Waals surface area contributed by atoms with E-state index in [0.29, 0.717) is 5.92 Å². The van der Waals surface area contributed by atoms with E-state index < -0.39 is 9.93 Å². The number of alkyl halides is 1. The molecular weight excluding hydrogens is 340 g/mol. The summed E-state index contributed by atoms with van der Waals surface area (Å²) < 4.78 is 5.50.